The van der Waals surface area contributed by atoms with Crippen molar-refractivity contribution in [3.05, 3.63) is 35.5 Å². The van der Waals surface area contributed by atoms with Crippen molar-refractivity contribution in [2.24, 2.45) is 11.1 Å². The average Bonchev–Trinajstić information content (AvgIpc) is 2.96. The highest BCUT2D eigenvalue weighted by Gasteiger charge is 2.23. The lowest BCUT2D eigenvalue weighted by Gasteiger charge is -2.28. The first-order valence-corrected chi connectivity index (χ1v) is 7.57. The van der Waals surface area contributed by atoms with Crippen molar-refractivity contribution in [2.75, 3.05) is 20.1 Å². The molecule has 0 bridgehead atoms. The topological polar surface area (TPSA) is 72.1 Å². The Morgan fingerprint density at radius 1 is 1.38 bits per heavy atom. The van der Waals surface area contributed by atoms with Crippen LogP contribution in [0.15, 0.2) is 30.6 Å². The van der Waals surface area contributed by atoms with E-state index in [0.717, 1.165) is 10.7 Å². The zero-order valence-electron chi connectivity index (χ0n) is 12.5. The van der Waals surface area contributed by atoms with E-state index in [9.17, 15) is 4.79 Å². The summed E-state index contributed by atoms with van der Waals surface area (Å²) in [7, 11) is 1.79. The minimum absolute atomic E-state index is 0.0313. The highest BCUT2D eigenvalue weighted by Crippen LogP contribution is 2.24. The third-order valence-corrected chi connectivity index (χ3v) is 4.17. The van der Waals surface area contributed by atoms with Gasteiger partial charge in [-0.15, -0.1) is 11.3 Å². The van der Waals surface area contributed by atoms with Gasteiger partial charge in [-0.05, 0) is 24.1 Å². The lowest BCUT2D eigenvalue weighted by Crippen LogP contribution is -2.39. The minimum Gasteiger partial charge on any atom is -0.340 e. The van der Waals surface area contributed by atoms with Crippen LogP contribution < -0.4 is 5.73 Å². The largest absolute Gasteiger partial charge is 0.340 e. The number of nitrogens with two attached hydrogens (primary N) is 1. The van der Waals surface area contributed by atoms with Gasteiger partial charge < -0.3 is 10.6 Å². The molecule has 0 saturated carbocycles. The molecule has 0 unspecified atom stereocenters. The molecule has 1 amide bonds. The molecular formula is C15H20N4OS. The molecule has 112 valence electrons. The first-order chi connectivity index (χ1) is 9.93. The summed E-state index contributed by atoms with van der Waals surface area (Å²) >= 11 is 1.36. The van der Waals surface area contributed by atoms with E-state index in [4.69, 9.17) is 5.73 Å². The predicted molar refractivity (Wildman–Crippen MR) is 85.1 cm³/mol. The zero-order chi connectivity index (χ0) is 15.5. The lowest BCUT2D eigenvalue weighted by atomic mass is 9.93. The van der Waals surface area contributed by atoms with Gasteiger partial charge in [0.25, 0.3) is 5.91 Å². The Labute approximate surface area is 128 Å². The number of rotatable bonds is 5. The normalized spacial score (nSPS) is 11.4. The van der Waals surface area contributed by atoms with E-state index in [2.05, 4.69) is 9.97 Å². The summed E-state index contributed by atoms with van der Waals surface area (Å²) in [6.07, 6.45) is 3.33. The molecule has 0 aromatic carbocycles. The van der Waals surface area contributed by atoms with E-state index in [1.807, 2.05) is 32.0 Å². The van der Waals surface area contributed by atoms with E-state index in [-0.39, 0.29) is 11.3 Å². The molecular weight excluding hydrogens is 284 g/mol. The smallest absolute Gasteiger partial charge is 0.265 e. The van der Waals surface area contributed by atoms with Crippen LogP contribution in [0.4, 0.5) is 0 Å². The highest BCUT2D eigenvalue weighted by molar-refractivity contribution is 7.16. The summed E-state index contributed by atoms with van der Waals surface area (Å²) in [6.45, 7) is 5.23. The van der Waals surface area contributed by atoms with Gasteiger partial charge in [0.2, 0.25) is 0 Å². The third kappa shape index (κ3) is 3.86. The van der Waals surface area contributed by atoms with Crippen LogP contribution in [0, 0.1) is 5.41 Å². The molecule has 5 nitrogen and oxygen atoms in total. The number of nitrogens with zero attached hydrogens (tertiary/aromatic N) is 3. The lowest BCUT2D eigenvalue weighted by molar-refractivity contribution is 0.0745. The van der Waals surface area contributed by atoms with E-state index in [0.29, 0.717) is 18.0 Å². The Kier molecular flexibility index (Phi) is 4.69. The molecule has 2 aromatic rings. The molecule has 0 atom stereocenters. The minimum atomic E-state index is -0.0983. The van der Waals surface area contributed by atoms with Gasteiger partial charge in [0.1, 0.15) is 9.88 Å². The number of hydrogen-bond donors (Lipinski definition) is 1. The Hall–Kier alpha value is -1.79. The van der Waals surface area contributed by atoms with Gasteiger partial charge in [0, 0.05) is 19.8 Å². The van der Waals surface area contributed by atoms with Crippen molar-refractivity contribution in [1.29, 1.82) is 0 Å². The molecule has 0 aliphatic carbocycles. The zero-order valence-corrected chi connectivity index (χ0v) is 13.4. The summed E-state index contributed by atoms with van der Waals surface area (Å²) < 4.78 is 0. The molecule has 0 aliphatic rings. The second-order valence-electron chi connectivity index (χ2n) is 5.77. The number of aromatic nitrogens is 2. The number of amides is 1. The van der Waals surface area contributed by atoms with Crippen molar-refractivity contribution in [3.8, 4) is 10.7 Å². The molecule has 2 rings (SSSR count). The predicted octanol–water partition coefficient (Wildman–Crippen LogP) is 2.26. The highest BCUT2D eigenvalue weighted by atomic mass is 32.1. The molecule has 0 spiro atoms. The van der Waals surface area contributed by atoms with Gasteiger partial charge in [0.05, 0.1) is 11.9 Å². The van der Waals surface area contributed by atoms with Crippen LogP contribution in [0.25, 0.3) is 10.7 Å². The second kappa shape index (κ2) is 6.32. The second-order valence-corrected chi connectivity index (χ2v) is 6.80. The molecule has 6 heteroatoms. The van der Waals surface area contributed by atoms with Crippen LogP contribution in [0.5, 0.6) is 0 Å². The van der Waals surface area contributed by atoms with Crippen molar-refractivity contribution < 1.29 is 4.79 Å². The Morgan fingerprint density at radius 2 is 2.14 bits per heavy atom. The van der Waals surface area contributed by atoms with E-state index < -0.39 is 0 Å². The number of carbonyl (C=O) groups is 1. The molecule has 2 aromatic heterocycles. The van der Waals surface area contributed by atoms with Crippen molar-refractivity contribution in [1.82, 2.24) is 14.9 Å². The fourth-order valence-electron chi connectivity index (χ4n) is 1.95. The van der Waals surface area contributed by atoms with Crippen LogP contribution in [-0.2, 0) is 0 Å². The maximum atomic E-state index is 12.4. The standard InChI is InChI=1S/C15H20N4OS/c1-15(2,9-16)10-19(3)14(20)12-8-18-13(21-12)11-6-4-5-7-17-11/h4-8H,9-10,16H2,1-3H3. The summed E-state index contributed by atoms with van der Waals surface area (Å²) in [4.78, 5) is 23.3. The maximum Gasteiger partial charge on any atom is 0.265 e. The molecule has 0 saturated heterocycles. The molecule has 0 fully saturated rings. The Morgan fingerprint density at radius 3 is 2.76 bits per heavy atom. The third-order valence-electron chi connectivity index (χ3n) is 3.16. The quantitative estimate of drug-likeness (QED) is 0.919. The van der Waals surface area contributed by atoms with Gasteiger partial charge in [-0.1, -0.05) is 19.9 Å². The summed E-state index contributed by atoms with van der Waals surface area (Å²) in [6, 6.07) is 5.64. The van der Waals surface area contributed by atoms with E-state index in [1.54, 1.807) is 24.3 Å². The molecule has 21 heavy (non-hydrogen) atoms. The van der Waals surface area contributed by atoms with Crippen molar-refractivity contribution >= 4 is 17.2 Å². The SMILES string of the molecule is CN(CC(C)(C)CN)C(=O)c1cnc(-c2ccccn2)s1. The van der Waals surface area contributed by atoms with Gasteiger partial charge in [-0.2, -0.15) is 0 Å². The summed E-state index contributed by atoms with van der Waals surface area (Å²) in [5.74, 6) is -0.0313. The van der Waals surface area contributed by atoms with Gasteiger partial charge in [-0.25, -0.2) is 4.98 Å². The van der Waals surface area contributed by atoms with Crippen LogP contribution in [-0.4, -0.2) is 40.9 Å². The molecule has 2 heterocycles. The van der Waals surface area contributed by atoms with Crippen LogP contribution in [0.2, 0.25) is 0 Å². The van der Waals surface area contributed by atoms with Crippen LogP contribution >= 0.6 is 11.3 Å². The van der Waals surface area contributed by atoms with E-state index >= 15 is 0 Å². The average molecular weight is 304 g/mol. The molecule has 0 aliphatic heterocycles. The first kappa shape index (κ1) is 15.6. The van der Waals surface area contributed by atoms with Gasteiger partial charge >= 0.3 is 0 Å². The monoisotopic (exact) mass is 304 g/mol. The van der Waals surface area contributed by atoms with Crippen molar-refractivity contribution in [2.45, 2.75) is 13.8 Å². The number of carbonyl (C=O) groups excluding carboxylic acids is 1. The summed E-state index contributed by atoms with van der Waals surface area (Å²) in [5.41, 5.74) is 6.40. The Balaban J connectivity index is 2.12. The summed E-state index contributed by atoms with van der Waals surface area (Å²) in [5, 5.41) is 0.755. The van der Waals surface area contributed by atoms with Crippen molar-refractivity contribution in [3.63, 3.8) is 0 Å². The fourth-order valence-corrected chi connectivity index (χ4v) is 2.83. The fraction of sp³-hybridized carbons (Fsp3) is 0.400. The first-order valence-electron chi connectivity index (χ1n) is 6.76. The Bertz CT molecular complexity index is 609. The number of hydrogen-bond acceptors (Lipinski definition) is 5. The number of pyridine rings is 1. The maximum absolute atomic E-state index is 12.4. The van der Waals surface area contributed by atoms with Gasteiger partial charge in [0.15, 0.2) is 0 Å². The van der Waals surface area contributed by atoms with Gasteiger partial charge in [-0.3, -0.25) is 9.78 Å². The molecule has 0 radical (unpaired) electrons. The molecule has 2 N–H and O–H groups in total. The van der Waals surface area contributed by atoms with Crippen LogP contribution in [0.3, 0.4) is 0 Å². The van der Waals surface area contributed by atoms with E-state index in [1.165, 1.54) is 11.3 Å². The number of thiazole rings is 1. The van der Waals surface area contributed by atoms with Crippen LogP contribution in [0.1, 0.15) is 23.5 Å².